The van der Waals surface area contributed by atoms with Crippen LogP contribution in [0.2, 0.25) is 0 Å². The molecule has 1 fully saturated rings. The Kier molecular flexibility index (Phi) is 6.56. The molecule has 2 unspecified atom stereocenters. The zero-order valence-corrected chi connectivity index (χ0v) is 16.6. The summed E-state index contributed by atoms with van der Waals surface area (Å²) in [5.41, 5.74) is 2.26. The Labute approximate surface area is 165 Å². The average Bonchev–Trinajstić information content (AvgIpc) is 3.14. The largest absolute Gasteiger partial charge is 0.354 e. The molecule has 2 aromatic rings. The van der Waals surface area contributed by atoms with Crippen molar-refractivity contribution in [2.45, 2.75) is 31.7 Å². The van der Waals surface area contributed by atoms with E-state index in [0.29, 0.717) is 12.3 Å². The van der Waals surface area contributed by atoms with E-state index in [4.69, 9.17) is 0 Å². The summed E-state index contributed by atoms with van der Waals surface area (Å²) in [5.74, 6) is 0.437. The molecule has 3 rings (SSSR count). The van der Waals surface area contributed by atoms with Gasteiger partial charge in [0.25, 0.3) is 0 Å². The minimum Gasteiger partial charge on any atom is -0.354 e. The molecule has 1 heterocycles. The lowest BCUT2D eigenvalue weighted by molar-refractivity contribution is -0.142. The van der Waals surface area contributed by atoms with E-state index in [2.05, 4.69) is 17.4 Å². The number of carbonyl (C=O) groups excluding carboxylic acids is 2. The third-order valence-corrected chi connectivity index (χ3v) is 6.02. The highest BCUT2D eigenvalue weighted by atomic mass is 32.2. The van der Waals surface area contributed by atoms with E-state index >= 15 is 0 Å². The van der Waals surface area contributed by atoms with Gasteiger partial charge in [-0.05, 0) is 17.5 Å². The second-order valence-electron chi connectivity index (χ2n) is 7.04. The number of hydrogen-bond donors (Lipinski definition) is 1. The van der Waals surface area contributed by atoms with Crippen LogP contribution in [0.15, 0.2) is 60.7 Å². The molecule has 1 N–H and O–H groups in total. The molecule has 0 aromatic heterocycles. The highest BCUT2D eigenvalue weighted by molar-refractivity contribution is 7.99. The van der Waals surface area contributed by atoms with Crippen LogP contribution in [0.3, 0.4) is 0 Å². The second-order valence-corrected chi connectivity index (χ2v) is 8.15. The number of nitrogens with zero attached hydrogens (tertiary/aromatic N) is 1. The van der Waals surface area contributed by atoms with Gasteiger partial charge in [-0.3, -0.25) is 9.59 Å². The Morgan fingerprint density at radius 1 is 1.07 bits per heavy atom. The molecule has 1 aliphatic heterocycles. The minimum absolute atomic E-state index is 0.0251. The fourth-order valence-corrected chi connectivity index (χ4v) is 4.68. The maximum atomic E-state index is 12.9. The van der Waals surface area contributed by atoms with Crippen molar-refractivity contribution < 1.29 is 9.59 Å². The van der Waals surface area contributed by atoms with Crippen molar-refractivity contribution in [2.24, 2.45) is 5.92 Å². The van der Waals surface area contributed by atoms with E-state index < -0.39 is 6.04 Å². The molecule has 1 saturated heterocycles. The maximum Gasteiger partial charge on any atom is 0.243 e. The van der Waals surface area contributed by atoms with E-state index in [0.717, 1.165) is 12.0 Å². The summed E-state index contributed by atoms with van der Waals surface area (Å²) in [6.07, 6.45) is 0.784. The van der Waals surface area contributed by atoms with E-state index in [-0.39, 0.29) is 23.1 Å². The van der Waals surface area contributed by atoms with Crippen LogP contribution in [0, 0.1) is 5.92 Å². The summed E-state index contributed by atoms with van der Waals surface area (Å²) in [6, 6.07) is 19.6. The Hall–Kier alpha value is -2.27. The van der Waals surface area contributed by atoms with Gasteiger partial charge in [-0.2, -0.15) is 0 Å². The molecule has 4 nitrogen and oxygen atoms in total. The van der Waals surface area contributed by atoms with Crippen LogP contribution in [-0.2, 0) is 16.0 Å². The van der Waals surface area contributed by atoms with Gasteiger partial charge in [0.2, 0.25) is 11.8 Å². The smallest absolute Gasteiger partial charge is 0.243 e. The van der Waals surface area contributed by atoms with E-state index in [1.54, 1.807) is 16.7 Å². The van der Waals surface area contributed by atoms with Crippen LogP contribution in [0.5, 0.6) is 0 Å². The lowest BCUT2D eigenvalue weighted by atomic mass is 10.1. The van der Waals surface area contributed by atoms with Crippen LogP contribution in [0.4, 0.5) is 0 Å². The van der Waals surface area contributed by atoms with Gasteiger partial charge in [-0.1, -0.05) is 74.5 Å². The van der Waals surface area contributed by atoms with E-state index in [9.17, 15) is 9.59 Å². The SMILES string of the molecule is CC(C)C(=O)N1C(C(=O)NCCc2ccccc2)CSC1c1ccccc1. The van der Waals surface area contributed by atoms with Crippen LogP contribution in [0.25, 0.3) is 0 Å². The van der Waals surface area contributed by atoms with Crippen LogP contribution >= 0.6 is 11.8 Å². The van der Waals surface area contributed by atoms with Gasteiger partial charge in [0.05, 0.1) is 0 Å². The highest BCUT2D eigenvalue weighted by Gasteiger charge is 2.42. The van der Waals surface area contributed by atoms with Gasteiger partial charge in [-0.25, -0.2) is 0 Å². The lowest BCUT2D eigenvalue weighted by Gasteiger charge is -2.30. The van der Waals surface area contributed by atoms with Gasteiger partial charge in [-0.15, -0.1) is 11.8 Å². The van der Waals surface area contributed by atoms with Crippen molar-refractivity contribution in [3.63, 3.8) is 0 Å². The molecule has 5 heteroatoms. The van der Waals surface area contributed by atoms with Gasteiger partial charge in [0, 0.05) is 18.2 Å². The average molecular weight is 383 g/mol. The first kappa shape index (κ1) is 19.5. The molecule has 0 aliphatic carbocycles. The summed E-state index contributed by atoms with van der Waals surface area (Å²) in [4.78, 5) is 27.5. The molecule has 27 heavy (non-hydrogen) atoms. The van der Waals surface area contributed by atoms with E-state index in [1.165, 1.54) is 5.56 Å². The molecule has 2 amide bonds. The van der Waals surface area contributed by atoms with Crippen molar-refractivity contribution in [1.29, 1.82) is 0 Å². The third-order valence-electron chi connectivity index (χ3n) is 4.69. The molecule has 1 aliphatic rings. The fraction of sp³-hybridized carbons (Fsp3) is 0.364. The Morgan fingerprint density at radius 3 is 2.33 bits per heavy atom. The topological polar surface area (TPSA) is 49.4 Å². The van der Waals surface area contributed by atoms with Crippen molar-refractivity contribution in [3.8, 4) is 0 Å². The van der Waals surface area contributed by atoms with Gasteiger partial charge in [0.1, 0.15) is 11.4 Å². The summed E-state index contributed by atoms with van der Waals surface area (Å²) < 4.78 is 0. The fourth-order valence-electron chi connectivity index (χ4n) is 3.24. The lowest BCUT2D eigenvalue weighted by Crippen LogP contribution is -2.49. The number of nitrogens with one attached hydrogen (secondary N) is 1. The molecule has 2 atom stereocenters. The first-order chi connectivity index (χ1) is 13.1. The molecule has 2 aromatic carbocycles. The van der Waals surface area contributed by atoms with Crippen molar-refractivity contribution >= 4 is 23.6 Å². The normalized spacial score (nSPS) is 19.3. The van der Waals surface area contributed by atoms with Crippen LogP contribution < -0.4 is 5.32 Å². The number of thioether (sulfide) groups is 1. The molecule has 142 valence electrons. The maximum absolute atomic E-state index is 12.9. The summed E-state index contributed by atoms with van der Waals surface area (Å²) in [7, 11) is 0. The van der Waals surface area contributed by atoms with Gasteiger partial charge < -0.3 is 10.2 Å². The summed E-state index contributed by atoms with van der Waals surface area (Å²) in [6.45, 7) is 4.35. The highest BCUT2D eigenvalue weighted by Crippen LogP contribution is 2.42. The second kappa shape index (κ2) is 9.09. The van der Waals surface area contributed by atoms with E-state index in [1.807, 2.05) is 62.4 Å². The number of amides is 2. The van der Waals surface area contributed by atoms with Gasteiger partial charge >= 0.3 is 0 Å². The number of carbonyl (C=O) groups is 2. The quantitative estimate of drug-likeness (QED) is 0.830. The first-order valence-corrected chi connectivity index (χ1v) is 10.4. The molecule has 0 spiro atoms. The molecular formula is C22H26N2O2S. The number of hydrogen-bond acceptors (Lipinski definition) is 3. The Bertz CT molecular complexity index is 764. The number of benzene rings is 2. The molecule has 0 saturated carbocycles. The molecule has 0 bridgehead atoms. The Morgan fingerprint density at radius 2 is 1.70 bits per heavy atom. The van der Waals surface area contributed by atoms with Crippen molar-refractivity contribution in [2.75, 3.05) is 12.3 Å². The predicted molar refractivity (Wildman–Crippen MR) is 110 cm³/mol. The van der Waals surface area contributed by atoms with Crippen molar-refractivity contribution in [3.05, 3.63) is 71.8 Å². The molecular weight excluding hydrogens is 356 g/mol. The third kappa shape index (κ3) is 4.72. The standard InChI is InChI=1S/C22H26N2O2S/c1-16(2)21(26)24-19(15-27-22(24)18-11-7-4-8-12-18)20(25)23-14-13-17-9-5-3-6-10-17/h3-12,16,19,22H,13-15H2,1-2H3,(H,23,25). The number of rotatable bonds is 6. The predicted octanol–water partition coefficient (Wildman–Crippen LogP) is 3.64. The van der Waals surface area contributed by atoms with Crippen LogP contribution in [-0.4, -0.2) is 35.1 Å². The monoisotopic (exact) mass is 382 g/mol. The Balaban J connectivity index is 1.69. The van der Waals surface area contributed by atoms with Gasteiger partial charge in [0.15, 0.2) is 0 Å². The minimum atomic E-state index is -0.425. The first-order valence-electron chi connectivity index (χ1n) is 9.38. The summed E-state index contributed by atoms with van der Waals surface area (Å²) in [5, 5.41) is 2.92. The summed E-state index contributed by atoms with van der Waals surface area (Å²) >= 11 is 1.66. The van der Waals surface area contributed by atoms with Crippen molar-refractivity contribution in [1.82, 2.24) is 10.2 Å². The van der Waals surface area contributed by atoms with Crippen LogP contribution in [0.1, 0.15) is 30.3 Å². The zero-order valence-electron chi connectivity index (χ0n) is 15.8. The zero-order chi connectivity index (χ0) is 19.2. The molecule has 0 radical (unpaired) electrons.